The molecule has 15 heavy (non-hydrogen) atoms. The van der Waals surface area contributed by atoms with Crippen LogP contribution in [0.5, 0.6) is 0 Å². The van der Waals surface area contributed by atoms with E-state index in [0.717, 1.165) is 0 Å². The van der Waals surface area contributed by atoms with Gasteiger partial charge in [0.15, 0.2) is 0 Å². The second-order valence-corrected chi connectivity index (χ2v) is 3.47. The van der Waals surface area contributed by atoms with Crippen LogP contribution in [0.1, 0.15) is 17.3 Å². The second-order valence-electron chi connectivity index (χ2n) is 3.04. The Kier molecular flexibility index (Phi) is 2.66. The Morgan fingerprint density at radius 1 is 1.47 bits per heavy atom. The number of nitrogens with two attached hydrogens (primary N) is 1. The summed E-state index contributed by atoms with van der Waals surface area (Å²) >= 11 is 5.63. The Hall–Kier alpha value is -1.46. The van der Waals surface area contributed by atoms with Gasteiger partial charge in [0.1, 0.15) is 11.5 Å². The molecule has 0 saturated heterocycles. The molecule has 1 aromatic heterocycles. The molecule has 0 aliphatic rings. The van der Waals surface area contributed by atoms with E-state index in [0.29, 0.717) is 16.3 Å². The standard InChI is InChI=1S/C9H8ClFN4/c10-5-1-2-6(7(11)3-5)9(12)8-4-13-15-14-8/h1-4,9H,12H2,(H,13,14,15)/t9-/m0/s1. The molecule has 1 heterocycles. The summed E-state index contributed by atoms with van der Waals surface area (Å²) < 4.78 is 13.5. The van der Waals surface area contributed by atoms with Crippen LogP contribution in [0.25, 0.3) is 0 Å². The molecule has 0 bridgehead atoms. The first-order valence-electron chi connectivity index (χ1n) is 4.24. The van der Waals surface area contributed by atoms with Crippen molar-refractivity contribution >= 4 is 11.6 Å². The third-order valence-electron chi connectivity index (χ3n) is 2.05. The maximum absolute atomic E-state index is 13.5. The molecule has 0 spiro atoms. The molecule has 1 aromatic carbocycles. The van der Waals surface area contributed by atoms with E-state index in [-0.39, 0.29) is 0 Å². The SMILES string of the molecule is N[C@H](c1cn[nH]n1)c1ccc(Cl)cc1F. The van der Waals surface area contributed by atoms with E-state index in [2.05, 4.69) is 15.4 Å². The fourth-order valence-electron chi connectivity index (χ4n) is 1.27. The molecule has 1 atom stereocenters. The minimum Gasteiger partial charge on any atom is -0.319 e. The molecule has 0 fully saturated rings. The Labute approximate surface area is 90.2 Å². The van der Waals surface area contributed by atoms with Crippen LogP contribution < -0.4 is 5.73 Å². The summed E-state index contributed by atoms with van der Waals surface area (Å²) in [5.74, 6) is -0.446. The van der Waals surface area contributed by atoms with E-state index in [1.54, 1.807) is 6.07 Å². The Morgan fingerprint density at radius 3 is 2.87 bits per heavy atom. The highest BCUT2D eigenvalue weighted by atomic mass is 35.5. The predicted molar refractivity (Wildman–Crippen MR) is 53.8 cm³/mol. The summed E-state index contributed by atoms with van der Waals surface area (Å²) in [4.78, 5) is 0. The molecule has 0 radical (unpaired) electrons. The summed E-state index contributed by atoms with van der Waals surface area (Å²) in [7, 11) is 0. The van der Waals surface area contributed by atoms with Crippen molar-refractivity contribution in [3.63, 3.8) is 0 Å². The summed E-state index contributed by atoms with van der Waals surface area (Å²) in [6.07, 6.45) is 1.46. The van der Waals surface area contributed by atoms with Crippen molar-refractivity contribution in [1.82, 2.24) is 15.4 Å². The molecule has 2 rings (SSSR count). The van der Waals surface area contributed by atoms with Crippen molar-refractivity contribution in [2.24, 2.45) is 5.73 Å². The highest BCUT2D eigenvalue weighted by Crippen LogP contribution is 2.22. The number of nitrogens with one attached hydrogen (secondary N) is 1. The van der Waals surface area contributed by atoms with Gasteiger partial charge in [0.2, 0.25) is 0 Å². The van der Waals surface area contributed by atoms with Crippen LogP contribution in [0.2, 0.25) is 5.02 Å². The third-order valence-corrected chi connectivity index (χ3v) is 2.28. The molecule has 0 saturated carbocycles. The van der Waals surface area contributed by atoms with Crippen LogP contribution in [-0.4, -0.2) is 15.4 Å². The van der Waals surface area contributed by atoms with Gasteiger partial charge in [0, 0.05) is 10.6 Å². The highest BCUT2D eigenvalue weighted by Gasteiger charge is 2.15. The topological polar surface area (TPSA) is 67.6 Å². The maximum Gasteiger partial charge on any atom is 0.129 e. The van der Waals surface area contributed by atoms with Crippen LogP contribution in [0, 0.1) is 5.82 Å². The number of aromatic amines is 1. The first kappa shape index (κ1) is 10.1. The lowest BCUT2D eigenvalue weighted by Crippen LogP contribution is -2.14. The van der Waals surface area contributed by atoms with Crippen molar-refractivity contribution in [3.05, 3.63) is 46.5 Å². The van der Waals surface area contributed by atoms with Crippen LogP contribution in [0.15, 0.2) is 24.4 Å². The molecule has 2 aromatic rings. The van der Waals surface area contributed by atoms with Gasteiger partial charge in [-0.1, -0.05) is 17.7 Å². The van der Waals surface area contributed by atoms with E-state index >= 15 is 0 Å². The number of rotatable bonds is 2. The molecule has 0 aliphatic carbocycles. The van der Waals surface area contributed by atoms with E-state index in [1.165, 1.54) is 18.3 Å². The average molecular weight is 227 g/mol. The van der Waals surface area contributed by atoms with Crippen molar-refractivity contribution in [2.75, 3.05) is 0 Å². The average Bonchev–Trinajstić information content (AvgIpc) is 2.69. The van der Waals surface area contributed by atoms with Crippen LogP contribution in [-0.2, 0) is 0 Å². The summed E-state index contributed by atoms with van der Waals surface area (Å²) in [6.45, 7) is 0. The lowest BCUT2D eigenvalue weighted by atomic mass is 10.1. The van der Waals surface area contributed by atoms with Gasteiger partial charge in [0.05, 0.1) is 12.2 Å². The summed E-state index contributed by atoms with van der Waals surface area (Å²) in [6, 6.07) is 3.70. The van der Waals surface area contributed by atoms with Gasteiger partial charge in [-0.2, -0.15) is 15.4 Å². The molecule has 78 valence electrons. The fraction of sp³-hybridized carbons (Fsp3) is 0.111. The number of benzene rings is 1. The lowest BCUT2D eigenvalue weighted by Gasteiger charge is -2.09. The largest absolute Gasteiger partial charge is 0.319 e. The molecule has 0 amide bonds. The van der Waals surface area contributed by atoms with E-state index < -0.39 is 11.9 Å². The molecule has 0 aliphatic heterocycles. The van der Waals surface area contributed by atoms with Gasteiger partial charge in [-0.15, -0.1) is 0 Å². The molecule has 4 nitrogen and oxygen atoms in total. The number of H-pyrrole nitrogens is 1. The first-order chi connectivity index (χ1) is 7.18. The van der Waals surface area contributed by atoms with Gasteiger partial charge in [-0.05, 0) is 12.1 Å². The van der Waals surface area contributed by atoms with Crippen molar-refractivity contribution in [1.29, 1.82) is 0 Å². The molecule has 6 heteroatoms. The van der Waals surface area contributed by atoms with Gasteiger partial charge in [0.25, 0.3) is 0 Å². The Morgan fingerprint density at radius 2 is 2.27 bits per heavy atom. The van der Waals surface area contributed by atoms with E-state index in [9.17, 15) is 4.39 Å². The monoisotopic (exact) mass is 226 g/mol. The van der Waals surface area contributed by atoms with Crippen LogP contribution in [0.3, 0.4) is 0 Å². The van der Waals surface area contributed by atoms with Gasteiger partial charge in [-0.3, -0.25) is 0 Å². The van der Waals surface area contributed by atoms with Gasteiger partial charge >= 0.3 is 0 Å². The zero-order valence-electron chi connectivity index (χ0n) is 7.61. The zero-order valence-corrected chi connectivity index (χ0v) is 8.37. The predicted octanol–water partition coefficient (Wildman–Crippen LogP) is 1.65. The number of aromatic nitrogens is 3. The zero-order chi connectivity index (χ0) is 10.8. The number of hydrogen-bond acceptors (Lipinski definition) is 3. The minimum absolute atomic E-state index is 0.337. The number of nitrogens with zero attached hydrogens (tertiary/aromatic N) is 2. The first-order valence-corrected chi connectivity index (χ1v) is 4.62. The minimum atomic E-state index is -0.638. The summed E-state index contributed by atoms with van der Waals surface area (Å²) in [5.41, 5.74) is 6.63. The van der Waals surface area contributed by atoms with Gasteiger partial charge < -0.3 is 5.73 Å². The maximum atomic E-state index is 13.5. The Balaban J connectivity index is 2.38. The van der Waals surface area contributed by atoms with E-state index in [4.69, 9.17) is 17.3 Å². The molecule has 3 N–H and O–H groups in total. The van der Waals surface area contributed by atoms with Crippen LogP contribution >= 0.6 is 11.6 Å². The fourth-order valence-corrected chi connectivity index (χ4v) is 1.43. The Bertz CT molecular complexity index is 457. The number of halogens is 2. The van der Waals surface area contributed by atoms with Crippen molar-refractivity contribution in [3.8, 4) is 0 Å². The lowest BCUT2D eigenvalue weighted by molar-refractivity contribution is 0.597. The van der Waals surface area contributed by atoms with Crippen molar-refractivity contribution in [2.45, 2.75) is 6.04 Å². The van der Waals surface area contributed by atoms with Gasteiger partial charge in [-0.25, -0.2) is 4.39 Å². The third kappa shape index (κ3) is 1.98. The smallest absolute Gasteiger partial charge is 0.129 e. The van der Waals surface area contributed by atoms with Crippen LogP contribution in [0.4, 0.5) is 4.39 Å². The second kappa shape index (κ2) is 3.96. The molecule has 0 unspecified atom stereocenters. The number of hydrogen-bond donors (Lipinski definition) is 2. The molecular weight excluding hydrogens is 219 g/mol. The van der Waals surface area contributed by atoms with E-state index in [1.807, 2.05) is 0 Å². The normalized spacial score (nSPS) is 12.7. The molecular formula is C9H8ClFN4. The summed E-state index contributed by atoms with van der Waals surface area (Å²) in [5, 5.41) is 10.2. The quantitative estimate of drug-likeness (QED) is 0.818. The highest BCUT2D eigenvalue weighted by molar-refractivity contribution is 6.30. The van der Waals surface area contributed by atoms with Crippen molar-refractivity contribution < 1.29 is 4.39 Å².